The van der Waals surface area contributed by atoms with Crippen molar-refractivity contribution >= 4 is 22.5 Å². The Bertz CT molecular complexity index is 425. The fourth-order valence-electron chi connectivity index (χ4n) is 3.09. The molecule has 18 heavy (non-hydrogen) atoms. The van der Waals surface area contributed by atoms with Crippen LogP contribution in [0.15, 0.2) is 18.2 Å². The van der Waals surface area contributed by atoms with Crippen molar-refractivity contribution in [1.82, 2.24) is 4.90 Å². The minimum atomic E-state index is 0.790. The number of fused-ring (bicyclic) bond motifs is 1. The first-order valence-corrected chi connectivity index (χ1v) is 8.04. The predicted octanol–water partition coefficient (Wildman–Crippen LogP) is 1.88. The second-order valence-electron chi connectivity index (χ2n) is 5.60. The first-order chi connectivity index (χ1) is 8.74. The van der Waals surface area contributed by atoms with Gasteiger partial charge in [-0.05, 0) is 0 Å². The van der Waals surface area contributed by atoms with Gasteiger partial charge < -0.3 is 0 Å². The van der Waals surface area contributed by atoms with Gasteiger partial charge in [-0.2, -0.15) is 0 Å². The molecule has 2 radical (unpaired) electrons. The number of hydrogen-bond acceptors (Lipinski definition) is 2. The summed E-state index contributed by atoms with van der Waals surface area (Å²) in [6, 6.07) is 6.90. The number of nitrogens with zero attached hydrogens (tertiary/aromatic N) is 2. The molecule has 96 valence electrons. The Kier molecular flexibility index (Phi) is 3.68. The van der Waals surface area contributed by atoms with Crippen molar-refractivity contribution in [2.45, 2.75) is 24.0 Å². The van der Waals surface area contributed by atoms with Gasteiger partial charge in [-0.15, -0.1) is 0 Å². The molecule has 0 bridgehead atoms. The van der Waals surface area contributed by atoms with Crippen LogP contribution < -0.4 is 4.90 Å². The molecule has 0 amide bonds. The Balaban J connectivity index is 1.88. The van der Waals surface area contributed by atoms with Gasteiger partial charge in [-0.3, -0.25) is 0 Å². The summed E-state index contributed by atoms with van der Waals surface area (Å²) < 4.78 is 0.790. The Hall–Kier alpha value is -0.462. The summed E-state index contributed by atoms with van der Waals surface area (Å²) in [7, 11) is 2.22. The molecule has 1 aliphatic heterocycles. The number of benzene rings is 1. The van der Waals surface area contributed by atoms with Gasteiger partial charge in [0.2, 0.25) is 0 Å². The van der Waals surface area contributed by atoms with E-state index in [9.17, 15) is 0 Å². The summed E-state index contributed by atoms with van der Waals surface area (Å²) in [6.45, 7) is 4.73. The molecule has 0 saturated carbocycles. The maximum absolute atomic E-state index is 2.86. The van der Waals surface area contributed by atoms with Crippen LogP contribution in [0.2, 0.25) is 4.71 Å². The van der Waals surface area contributed by atoms with Crippen molar-refractivity contribution in [3.05, 3.63) is 29.3 Å². The van der Waals surface area contributed by atoms with E-state index in [4.69, 9.17) is 0 Å². The van der Waals surface area contributed by atoms with Crippen LogP contribution in [0, 0.1) is 0 Å². The SMILES string of the molecule is CN1CCN(c2cccc3c2CC([As])CC3)CC1. The van der Waals surface area contributed by atoms with Crippen LogP contribution >= 0.6 is 0 Å². The molecule has 1 unspecified atom stereocenters. The third kappa shape index (κ3) is 2.46. The van der Waals surface area contributed by atoms with Crippen LogP contribution in [0.25, 0.3) is 0 Å². The van der Waals surface area contributed by atoms with Gasteiger partial charge in [0.1, 0.15) is 0 Å². The Labute approximate surface area is 119 Å². The van der Waals surface area contributed by atoms with Crippen LogP contribution in [-0.4, -0.2) is 55.0 Å². The molecule has 0 spiro atoms. The van der Waals surface area contributed by atoms with E-state index in [0.29, 0.717) is 0 Å². The number of hydrogen-bond donors (Lipinski definition) is 0. The Morgan fingerprint density at radius 2 is 1.94 bits per heavy atom. The zero-order valence-corrected chi connectivity index (χ0v) is 13.0. The summed E-state index contributed by atoms with van der Waals surface area (Å²) >= 11 is 2.86. The normalized spacial score (nSPS) is 25.0. The molecular weight excluding hydrogens is 283 g/mol. The zero-order valence-electron chi connectivity index (χ0n) is 11.1. The number of likely N-dealkylation sites (N-methyl/N-ethyl adjacent to an activating group) is 1. The van der Waals surface area contributed by atoms with E-state index < -0.39 is 0 Å². The monoisotopic (exact) mass is 304 g/mol. The molecule has 2 nitrogen and oxygen atoms in total. The molecule has 2 aliphatic rings. The van der Waals surface area contributed by atoms with Crippen molar-refractivity contribution in [2.24, 2.45) is 0 Å². The summed E-state index contributed by atoms with van der Waals surface area (Å²) in [5.41, 5.74) is 4.73. The maximum atomic E-state index is 2.86. The minimum absolute atomic E-state index is 0.790. The van der Waals surface area contributed by atoms with E-state index in [0.717, 1.165) is 4.71 Å². The first kappa shape index (κ1) is 12.6. The third-order valence-corrected chi connectivity index (χ3v) is 5.20. The quantitative estimate of drug-likeness (QED) is 0.731. The van der Waals surface area contributed by atoms with Gasteiger partial charge in [-0.1, -0.05) is 0 Å². The van der Waals surface area contributed by atoms with E-state index in [-0.39, 0.29) is 0 Å². The molecule has 3 rings (SSSR count). The van der Waals surface area contributed by atoms with E-state index in [1.54, 1.807) is 11.1 Å². The molecule has 0 N–H and O–H groups in total. The average molecular weight is 304 g/mol. The molecule has 1 heterocycles. The van der Waals surface area contributed by atoms with Crippen molar-refractivity contribution in [2.75, 3.05) is 38.1 Å². The standard InChI is InChI=1S/C15H21AsN2/c1-17-7-9-18(10-8-17)15-4-2-3-12-5-6-13(16)11-14(12)15/h2-4,13H,5-11H2,1H3. The van der Waals surface area contributed by atoms with Gasteiger partial charge in [0, 0.05) is 0 Å². The molecule has 1 aromatic carbocycles. The van der Waals surface area contributed by atoms with Gasteiger partial charge in [-0.25, -0.2) is 0 Å². The van der Waals surface area contributed by atoms with Gasteiger partial charge in [0.15, 0.2) is 0 Å². The van der Waals surface area contributed by atoms with Gasteiger partial charge in [0.25, 0.3) is 0 Å². The molecule has 1 saturated heterocycles. The number of anilines is 1. The van der Waals surface area contributed by atoms with Gasteiger partial charge in [0.05, 0.1) is 0 Å². The van der Waals surface area contributed by atoms with E-state index >= 15 is 0 Å². The molecule has 3 heteroatoms. The number of aryl methyl sites for hydroxylation is 1. The second kappa shape index (κ2) is 5.27. The topological polar surface area (TPSA) is 6.48 Å². The van der Waals surface area contributed by atoms with Crippen molar-refractivity contribution < 1.29 is 0 Å². The molecule has 0 aromatic heterocycles. The fourth-order valence-corrected chi connectivity index (χ4v) is 3.75. The van der Waals surface area contributed by atoms with Crippen LogP contribution in [0.1, 0.15) is 17.5 Å². The molecular formula is C15H21AsN2. The van der Waals surface area contributed by atoms with Crippen LogP contribution in [0.4, 0.5) is 5.69 Å². The Morgan fingerprint density at radius 1 is 1.17 bits per heavy atom. The second-order valence-corrected chi connectivity index (χ2v) is 7.13. The average Bonchev–Trinajstić information content (AvgIpc) is 2.39. The molecule has 1 aliphatic carbocycles. The van der Waals surface area contributed by atoms with Crippen LogP contribution in [0.5, 0.6) is 0 Å². The van der Waals surface area contributed by atoms with Crippen LogP contribution in [-0.2, 0) is 12.8 Å². The van der Waals surface area contributed by atoms with Crippen molar-refractivity contribution in [3.63, 3.8) is 0 Å². The zero-order chi connectivity index (χ0) is 12.5. The fraction of sp³-hybridized carbons (Fsp3) is 0.600. The summed E-state index contributed by atoms with van der Waals surface area (Å²) in [5, 5.41) is 0. The van der Waals surface area contributed by atoms with Gasteiger partial charge >= 0.3 is 119 Å². The van der Waals surface area contributed by atoms with E-state index in [1.807, 2.05) is 0 Å². The van der Waals surface area contributed by atoms with E-state index in [1.165, 1.54) is 51.1 Å². The predicted molar refractivity (Wildman–Crippen MR) is 77.7 cm³/mol. The molecule has 1 aromatic rings. The van der Waals surface area contributed by atoms with E-state index in [2.05, 4.69) is 51.9 Å². The summed E-state index contributed by atoms with van der Waals surface area (Å²) in [5.74, 6) is 0. The molecule has 1 fully saturated rings. The first-order valence-electron chi connectivity index (χ1n) is 6.96. The van der Waals surface area contributed by atoms with Crippen molar-refractivity contribution in [3.8, 4) is 0 Å². The summed E-state index contributed by atoms with van der Waals surface area (Å²) in [6.07, 6.45) is 3.84. The van der Waals surface area contributed by atoms with Crippen LogP contribution in [0.3, 0.4) is 0 Å². The molecule has 1 atom stereocenters. The number of piperazine rings is 1. The number of rotatable bonds is 1. The summed E-state index contributed by atoms with van der Waals surface area (Å²) in [4.78, 5) is 5.01. The third-order valence-electron chi connectivity index (χ3n) is 4.28. The Morgan fingerprint density at radius 3 is 2.72 bits per heavy atom. The van der Waals surface area contributed by atoms with Crippen molar-refractivity contribution in [1.29, 1.82) is 0 Å².